The van der Waals surface area contributed by atoms with Crippen molar-refractivity contribution in [2.75, 3.05) is 26.3 Å². The Bertz CT molecular complexity index is 1990. The minimum absolute atomic E-state index is 0.0738. The molecule has 2 heterocycles. The molecule has 1 unspecified atom stereocenters. The summed E-state index contributed by atoms with van der Waals surface area (Å²) in [5, 5.41) is 29.7. The molecule has 1 atom stereocenters. The lowest BCUT2D eigenvalue weighted by atomic mass is 9.98. The number of aromatic amines is 1. The molecular weight excluding hydrogens is 672 g/mol. The molecule has 0 aliphatic carbocycles. The van der Waals surface area contributed by atoms with Crippen LogP contribution in [-0.2, 0) is 16.2 Å². The van der Waals surface area contributed by atoms with Gasteiger partial charge in [0.2, 0.25) is 11.7 Å². The van der Waals surface area contributed by atoms with E-state index >= 15 is 0 Å². The molecule has 0 spiro atoms. The molecule has 2 aromatic heterocycles. The summed E-state index contributed by atoms with van der Waals surface area (Å²) in [5.41, 5.74) is 16.0. The van der Waals surface area contributed by atoms with Gasteiger partial charge >= 0.3 is 0 Å². The summed E-state index contributed by atoms with van der Waals surface area (Å²) in [4.78, 5) is 50.6. The third-order valence-electron chi connectivity index (χ3n) is 8.00. The average Bonchev–Trinajstić information content (AvgIpc) is 3.80. The van der Waals surface area contributed by atoms with E-state index in [0.29, 0.717) is 60.8 Å². The maximum absolute atomic E-state index is 14.0. The van der Waals surface area contributed by atoms with Crippen LogP contribution in [0.2, 0.25) is 0 Å². The normalized spacial score (nSPS) is 11.5. The summed E-state index contributed by atoms with van der Waals surface area (Å²) in [7, 11) is 0. The van der Waals surface area contributed by atoms with E-state index in [9.17, 15) is 19.7 Å². The number of hydrogen-bond acceptors (Lipinski definition) is 11. The first-order valence-electron chi connectivity index (χ1n) is 16.7. The van der Waals surface area contributed by atoms with E-state index in [2.05, 4.69) is 46.1 Å². The number of amides is 2. The van der Waals surface area contributed by atoms with Crippen molar-refractivity contribution in [1.29, 1.82) is 0 Å². The third kappa shape index (κ3) is 9.55. The van der Waals surface area contributed by atoms with Crippen LogP contribution in [-0.4, -0.2) is 85.4 Å². The highest BCUT2D eigenvalue weighted by Crippen LogP contribution is 2.31. The number of ether oxygens (including phenoxy) is 1. The number of aliphatic imine (C=N–C) groups is 1. The van der Waals surface area contributed by atoms with Crippen molar-refractivity contribution in [2.24, 2.45) is 16.5 Å². The molecule has 0 aliphatic rings. The maximum Gasteiger partial charge on any atom is 0.297 e. The summed E-state index contributed by atoms with van der Waals surface area (Å²) in [6, 6.07) is 20.4. The van der Waals surface area contributed by atoms with Gasteiger partial charge in [-0.1, -0.05) is 54.6 Å². The SMILES string of the molecule is CCOc1nc2cccc(C(=O)NC(CCCN=C(N)N)C(=O)NCCCCO[N+](=O)[O-])c2n1Cc1ccc(-c2ccccc2-c2nn[nH]n2)cc1. The van der Waals surface area contributed by atoms with Crippen LogP contribution >= 0.6 is 0 Å². The van der Waals surface area contributed by atoms with Crippen LogP contribution in [0.1, 0.15) is 48.5 Å². The summed E-state index contributed by atoms with van der Waals surface area (Å²) < 4.78 is 7.77. The van der Waals surface area contributed by atoms with Crippen molar-refractivity contribution in [1.82, 2.24) is 40.8 Å². The van der Waals surface area contributed by atoms with Gasteiger partial charge in [-0.25, -0.2) is 0 Å². The Balaban J connectivity index is 1.37. The number of nitrogens with two attached hydrogens (primary N) is 2. The second-order valence-electron chi connectivity index (χ2n) is 11.6. The minimum Gasteiger partial charge on any atom is -0.465 e. The molecule has 3 aromatic carbocycles. The summed E-state index contributed by atoms with van der Waals surface area (Å²) in [6.07, 6.45) is 1.48. The minimum atomic E-state index is -0.919. The molecule has 0 saturated heterocycles. The maximum atomic E-state index is 14.0. The molecule has 52 heavy (non-hydrogen) atoms. The summed E-state index contributed by atoms with van der Waals surface area (Å²) >= 11 is 0. The third-order valence-corrected chi connectivity index (χ3v) is 8.00. The predicted octanol–water partition coefficient (Wildman–Crippen LogP) is 2.59. The highest BCUT2D eigenvalue weighted by atomic mass is 16.9. The van der Waals surface area contributed by atoms with Crippen LogP contribution in [0.25, 0.3) is 33.5 Å². The number of unbranched alkanes of at least 4 members (excludes halogenated alkanes) is 1. The predicted molar refractivity (Wildman–Crippen MR) is 191 cm³/mol. The fourth-order valence-corrected chi connectivity index (χ4v) is 5.62. The largest absolute Gasteiger partial charge is 0.465 e. The Morgan fingerprint density at radius 1 is 1.04 bits per heavy atom. The van der Waals surface area contributed by atoms with Gasteiger partial charge in [-0.05, 0) is 66.6 Å². The molecule has 18 nitrogen and oxygen atoms in total. The smallest absolute Gasteiger partial charge is 0.297 e. The zero-order valence-electron chi connectivity index (χ0n) is 28.5. The number of nitrogens with zero attached hydrogens (tertiary/aromatic N) is 7. The number of rotatable bonds is 19. The fraction of sp³-hybridized carbons (Fsp3) is 0.324. The van der Waals surface area contributed by atoms with Crippen molar-refractivity contribution in [3.05, 3.63) is 88.0 Å². The number of benzene rings is 3. The number of tetrazole rings is 1. The molecule has 5 aromatic rings. The molecule has 0 bridgehead atoms. The van der Waals surface area contributed by atoms with Crippen LogP contribution in [0, 0.1) is 10.1 Å². The molecule has 7 N–H and O–H groups in total. The molecule has 0 saturated carbocycles. The van der Waals surface area contributed by atoms with Gasteiger partial charge in [0.15, 0.2) is 5.96 Å². The first-order chi connectivity index (χ1) is 25.2. The number of guanidine groups is 1. The fourth-order valence-electron chi connectivity index (χ4n) is 5.62. The van der Waals surface area contributed by atoms with Crippen LogP contribution in [0.5, 0.6) is 6.01 Å². The van der Waals surface area contributed by atoms with Gasteiger partial charge in [0, 0.05) is 18.7 Å². The lowest BCUT2D eigenvalue weighted by molar-refractivity contribution is -0.757. The molecule has 0 aliphatic heterocycles. The molecule has 0 fully saturated rings. The second kappa shape index (κ2) is 17.9. The standard InChI is InChI=1S/C34H40N12O6/c1-2-51-34-40-27-12-7-11-26(31(47)39-28(13-8-19-38-33(35)36)32(48)37-18-5-6-20-52-46(49)50)29(27)45(34)21-22-14-16-23(17-15-22)24-9-3-4-10-25(24)30-41-43-44-42-30/h3-4,7,9-12,14-17,28H,2,5-6,8,13,18-21H2,1H3,(H,37,48)(H,39,47)(H4,35,36,38)(H,41,42,43,44). The number of aromatic nitrogens is 6. The Hall–Kier alpha value is -6.59. The number of imidazole rings is 1. The first kappa shape index (κ1) is 36.7. The Labute approximate surface area is 298 Å². The van der Waals surface area contributed by atoms with Gasteiger partial charge in [-0.3, -0.25) is 19.1 Å². The van der Waals surface area contributed by atoms with Crippen LogP contribution < -0.4 is 26.8 Å². The number of carbonyl (C=O) groups is 2. The van der Waals surface area contributed by atoms with Gasteiger partial charge in [0.05, 0.1) is 36.4 Å². The zero-order chi connectivity index (χ0) is 36.9. The van der Waals surface area contributed by atoms with Gasteiger partial charge in [0.25, 0.3) is 17.0 Å². The Kier molecular flexibility index (Phi) is 12.6. The van der Waals surface area contributed by atoms with E-state index in [4.69, 9.17) is 16.2 Å². The van der Waals surface area contributed by atoms with E-state index < -0.39 is 22.9 Å². The van der Waals surface area contributed by atoms with Gasteiger partial charge in [-0.2, -0.15) is 10.2 Å². The van der Waals surface area contributed by atoms with Gasteiger partial charge in [-0.15, -0.1) is 20.3 Å². The van der Waals surface area contributed by atoms with Gasteiger partial charge < -0.3 is 31.7 Å². The zero-order valence-corrected chi connectivity index (χ0v) is 28.5. The molecular formula is C34H40N12O6. The van der Waals surface area contributed by atoms with Crippen molar-refractivity contribution in [3.63, 3.8) is 0 Å². The van der Waals surface area contributed by atoms with Crippen LogP contribution in [0.3, 0.4) is 0 Å². The number of H-pyrrole nitrogens is 1. The van der Waals surface area contributed by atoms with Crippen molar-refractivity contribution in [3.8, 4) is 28.5 Å². The molecule has 272 valence electrons. The van der Waals surface area contributed by atoms with Crippen LogP contribution in [0.4, 0.5) is 0 Å². The van der Waals surface area contributed by atoms with Crippen molar-refractivity contribution >= 4 is 28.8 Å². The lowest BCUT2D eigenvalue weighted by Gasteiger charge is -2.19. The number of nitrogens with one attached hydrogen (secondary N) is 3. The summed E-state index contributed by atoms with van der Waals surface area (Å²) in [5.74, 6) is -0.477. The highest BCUT2D eigenvalue weighted by molar-refractivity contribution is 6.06. The number of hydrogen-bond donors (Lipinski definition) is 5. The monoisotopic (exact) mass is 712 g/mol. The lowest BCUT2D eigenvalue weighted by Crippen LogP contribution is -2.47. The quantitative estimate of drug-likeness (QED) is 0.0272. The molecule has 0 radical (unpaired) electrons. The highest BCUT2D eigenvalue weighted by Gasteiger charge is 2.25. The topological polar surface area (TPSA) is 256 Å². The summed E-state index contributed by atoms with van der Waals surface area (Å²) in [6.45, 7) is 2.97. The number of fused-ring (bicyclic) bond motifs is 1. The first-order valence-corrected chi connectivity index (χ1v) is 16.7. The average molecular weight is 713 g/mol. The van der Waals surface area contributed by atoms with Crippen molar-refractivity contribution < 1.29 is 24.3 Å². The second-order valence-corrected chi connectivity index (χ2v) is 11.6. The van der Waals surface area contributed by atoms with E-state index in [1.54, 1.807) is 18.2 Å². The van der Waals surface area contributed by atoms with E-state index in [1.165, 1.54) is 0 Å². The van der Waals surface area contributed by atoms with E-state index in [-0.39, 0.29) is 32.1 Å². The Morgan fingerprint density at radius 2 is 1.83 bits per heavy atom. The van der Waals surface area contributed by atoms with Crippen LogP contribution in [0.15, 0.2) is 71.7 Å². The van der Waals surface area contributed by atoms with E-state index in [0.717, 1.165) is 22.3 Å². The van der Waals surface area contributed by atoms with E-state index in [1.807, 2.05) is 60.0 Å². The Morgan fingerprint density at radius 3 is 2.54 bits per heavy atom. The van der Waals surface area contributed by atoms with Gasteiger partial charge in [0.1, 0.15) is 6.04 Å². The molecule has 2 amide bonds. The number of para-hydroxylation sites is 1. The van der Waals surface area contributed by atoms with Crippen molar-refractivity contribution in [2.45, 2.75) is 45.2 Å². The molecule has 18 heteroatoms. The molecule has 5 rings (SSSR count). The number of carbonyl (C=O) groups excluding carboxylic acids is 2.